The molecule has 2 rings (SSSR count). The lowest BCUT2D eigenvalue weighted by atomic mass is 9.67. The third kappa shape index (κ3) is 3.60. The maximum atomic E-state index is 3.76. The first-order chi connectivity index (χ1) is 9.17. The summed E-state index contributed by atoms with van der Waals surface area (Å²) in [6.07, 6.45) is 5.61. The van der Waals surface area contributed by atoms with Crippen molar-refractivity contribution >= 4 is 0 Å². The molecule has 1 aliphatic carbocycles. The molecule has 0 spiro atoms. The Labute approximate surface area is 118 Å². The minimum atomic E-state index is 0.623. The zero-order valence-electron chi connectivity index (χ0n) is 12.8. The second kappa shape index (κ2) is 6.56. The lowest BCUT2D eigenvalue weighted by Gasteiger charge is -2.42. The Bertz CT molecular complexity index is 359. The number of hydrogen-bond donors (Lipinski definition) is 1. The molecule has 0 saturated heterocycles. The van der Waals surface area contributed by atoms with E-state index in [1.165, 1.54) is 37.8 Å². The van der Waals surface area contributed by atoms with Crippen LogP contribution in [-0.4, -0.2) is 13.1 Å². The van der Waals surface area contributed by atoms with Crippen molar-refractivity contribution < 1.29 is 0 Å². The molecular weight excluding hydrogens is 230 g/mol. The van der Waals surface area contributed by atoms with Gasteiger partial charge in [0.2, 0.25) is 0 Å². The van der Waals surface area contributed by atoms with Gasteiger partial charge in [0.25, 0.3) is 0 Å². The van der Waals surface area contributed by atoms with Crippen molar-refractivity contribution in [2.75, 3.05) is 13.1 Å². The van der Waals surface area contributed by atoms with Crippen molar-refractivity contribution in [3.63, 3.8) is 0 Å². The minimum absolute atomic E-state index is 0.623. The van der Waals surface area contributed by atoms with E-state index < -0.39 is 0 Å². The molecule has 0 heterocycles. The molecule has 106 valence electrons. The third-order valence-corrected chi connectivity index (χ3v) is 5.06. The Kier molecular flexibility index (Phi) is 5.04. The summed E-state index contributed by atoms with van der Waals surface area (Å²) in [6.45, 7) is 9.33. The van der Waals surface area contributed by atoms with E-state index in [-0.39, 0.29) is 0 Å². The lowest BCUT2D eigenvalue weighted by Crippen LogP contribution is -2.41. The van der Waals surface area contributed by atoms with Crippen molar-refractivity contribution in [3.8, 4) is 0 Å². The maximum absolute atomic E-state index is 3.76. The molecule has 1 aromatic carbocycles. The number of rotatable bonds is 7. The van der Waals surface area contributed by atoms with Crippen LogP contribution in [0.3, 0.4) is 0 Å². The van der Waals surface area contributed by atoms with Gasteiger partial charge in [-0.1, -0.05) is 57.5 Å². The van der Waals surface area contributed by atoms with Crippen LogP contribution in [0.25, 0.3) is 0 Å². The van der Waals surface area contributed by atoms with Crippen LogP contribution in [0.15, 0.2) is 30.3 Å². The van der Waals surface area contributed by atoms with Crippen LogP contribution >= 0.6 is 0 Å². The summed E-state index contributed by atoms with van der Waals surface area (Å²) in [6, 6.07) is 11.0. The second-order valence-electron chi connectivity index (χ2n) is 6.60. The standard InChI is InChI=1S/C18H29N/c1-4-18(11-8-12-18)14-19-13-17(15(2)3)16-9-6-5-7-10-16/h5-7,9-10,15,17,19H,4,8,11-14H2,1-3H3. The Hall–Kier alpha value is -0.820. The Morgan fingerprint density at radius 3 is 2.32 bits per heavy atom. The summed E-state index contributed by atoms with van der Waals surface area (Å²) < 4.78 is 0. The molecule has 0 aliphatic heterocycles. The maximum Gasteiger partial charge on any atom is 0.00228 e. The fourth-order valence-corrected chi connectivity index (χ4v) is 3.26. The van der Waals surface area contributed by atoms with E-state index in [0.717, 1.165) is 6.54 Å². The number of hydrogen-bond acceptors (Lipinski definition) is 1. The molecule has 1 aliphatic rings. The Balaban J connectivity index is 1.88. The predicted octanol–water partition coefficient (Wildman–Crippen LogP) is 4.60. The van der Waals surface area contributed by atoms with Gasteiger partial charge < -0.3 is 5.32 Å². The first-order valence-electron chi connectivity index (χ1n) is 7.92. The molecule has 1 aromatic rings. The van der Waals surface area contributed by atoms with E-state index in [9.17, 15) is 0 Å². The highest BCUT2D eigenvalue weighted by atomic mass is 14.9. The van der Waals surface area contributed by atoms with Crippen molar-refractivity contribution in [1.29, 1.82) is 0 Å². The Morgan fingerprint density at radius 2 is 1.84 bits per heavy atom. The number of nitrogens with one attached hydrogen (secondary N) is 1. The van der Waals surface area contributed by atoms with Gasteiger partial charge in [0.15, 0.2) is 0 Å². The predicted molar refractivity (Wildman–Crippen MR) is 83.5 cm³/mol. The van der Waals surface area contributed by atoms with Crippen LogP contribution in [0.1, 0.15) is 57.9 Å². The van der Waals surface area contributed by atoms with Crippen molar-refractivity contribution in [3.05, 3.63) is 35.9 Å². The van der Waals surface area contributed by atoms with Gasteiger partial charge >= 0.3 is 0 Å². The topological polar surface area (TPSA) is 12.0 Å². The van der Waals surface area contributed by atoms with Crippen LogP contribution in [0.4, 0.5) is 0 Å². The van der Waals surface area contributed by atoms with Crippen LogP contribution in [0, 0.1) is 11.3 Å². The van der Waals surface area contributed by atoms with E-state index >= 15 is 0 Å². The monoisotopic (exact) mass is 259 g/mol. The van der Waals surface area contributed by atoms with E-state index in [1.807, 2.05) is 0 Å². The van der Waals surface area contributed by atoms with Crippen LogP contribution in [0.5, 0.6) is 0 Å². The molecule has 0 amide bonds. The molecule has 1 nitrogen and oxygen atoms in total. The molecule has 1 atom stereocenters. The number of benzene rings is 1. The average Bonchev–Trinajstić information content (AvgIpc) is 2.38. The van der Waals surface area contributed by atoms with Gasteiger partial charge in [-0.05, 0) is 42.1 Å². The minimum Gasteiger partial charge on any atom is -0.316 e. The molecule has 1 unspecified atom stereocenters. The van der Waals surface area contributed by atoms with Crippen molar-refractivity contribution in [1.82, 2.24) is 5.32 Å². The molecule has 19 heavy (non-hydrogen) atoms. The SMILES string of the molecule is CCC1(CNCC(c2ccccc2)C(C)C)CCC1. The van der Waals surface area contributed by atoms with E-state index in [1.54, 1.807) is 0 Å². The molecule has 0 aromatic heterocycles. The molecule has 0 bridgehead atoms. The van der Waals surface area contributed by atoms with Crippen LogP contribution in [-0.2, 0) is 0 Å². The van der Waals surface area contributed by atoms with Gasteiger partial charge in [-0.15, -0.1) is 0 Å². The smallest absolute Gasteiger partial charge is 0.00228 e. The van der Waals surface area contributed by atoms with Gasteiger partial charge in [0.05, 0.1) is 0 Å². The van der Waals surface area contributed by atoms with Crippen LogP contribution < -0.4 is 5.32 Å². The van der Waals surface area contributed by atoms with Gasteiger partial charge in [0, 0.05) is 13.1 Å². The fraction of sp³-hybridized carbons (Fsp3) is 0.667. The third-order valence-electron chi connectivity index (χ3n) is 5.06. The molecule has 1 fully saturated rings. The van der Waals surface area contributed by atoms with E-state index in [0.29, 0.717) is 17.3 Å². The summed E-state index contributed by atoms with van der Waals surface area (Å²) in [4.78, 5) is 0. The summed E-state index contributed by atoms with van der Waals surface area (Å²) in [5.41, 5.74) is 2.10. The van der Waals surface area contributed by atoms with Gasteiger partial charge in [-0.2, -0.15) is 0 Å². The lowest BCUT2D eigenvalue weighted by molar-refractivity contribution is 0.123. The largest absolute Gasteiger partial charge is 0.316 e. The zero-order chi connectivity index (χ0) is 13.7. The average molecular weight is 259 g/mol. The normalized spacial score (nSPS) is 19.2. The van der Waals surface area contributed by atoms with Gasteiger partial charge in [-0.3, -0.25) is 0 Å². The van der Waals surface area contributed by atoms with E-state index in [2.05, 4.69) is 56.4 Å². The fourth-order valence-electron chi connectivity index (χ4n) is 3.26. The molecular formula is C18H29N. The second-order valence-corrected chi connectivity index (χ2v) is 6.60. The first-order valence-corrected chi connectivity index (χ1v) is 7.92. The molecule has 1 N–H and O–H groups in total. The molecule has 0 radical (unpaired) electrons. The first kappa shape index (κ1) is 14.6. The summed E-state index contributed by atoms with van der Waals surface area (Å²) in [5, 5.41) is 3.76. The highest BCUT2D eigenvalue weighted by molar-refractivity contribution is 5.20. The highest BCUT2D eigenvalue weighted by Gasteiger charge is 2.34. The van der Waals surface area contributed by atoms with Crippen LogP contribution in [0.2, 0.25) is 0 Å². The quantitative estimate of drug-likeness (QED) is 0.755. The summed E-state index contributed by atoms with van der Waals surface area (Å²) in [5.74, 6) is 1.32. The van der Waals surface area contributed by atoms with Crippen molar-refractivity contribution in [2.24, 2.45) is 11.3 Å². The Morgan fingerprint density at radius 1 is 1.16 bits per heavy atom. The summed E-state index contributed by atoms with van der Waals surface area (Å²) in [7, 11) is 0. The van der Waals surface area contributed by atoms with Gasteiger partial charge in [-0.25, -0.2) is 0 Å². The molecule has 1 saturated carbocycles. The van der Waals surface area contributed by atoms with E-state index in [4.69, 9.17) is 0 Å². The molecule has 1 heteroatoms. The highest BCUT2D eigenvalue weighted by Crippen LogP contribution is 2.43. The zero-order valence-corrected chi connectivity index (χ0v) is 12.8. The van der Waals surface area contributed by atoms with Gasteiger partial charge in [0.1, 0.15) is 0 Å². The summed E-state index contributed by atoms with van der Waals surface area (Å²) >= 11 is 0. The van der Waals surface area contributed by atoms with Crippen molar-refractivity contribution in [2.45, 2.75) is 52.4 Å².